The van der Waals surface area contributed by atoms with Gasteiger partial charge in [0.2, 0.25) is 0 Å². The normalized spacial score (nSPS) is 12.7. The fourth-order valence-corrected chi connectivity index (χ4v) is 2.92. The first-order chi connectivity index (χ1) is 8.62. The summed E-state index contributed by atoms with van der Waals surface area (Å²) in [5.41, 5.74) is 3.16. The first kappa shape index (κ1) is 13.1. The molecule has 1 heterocycles. The summed E-state index contributed by atoms with van der Waals surface area (Å²) in [7, 11) is 0. The Bertz CT molecular complexity index is 551. The van der Waals surface area contributed by atoms with Gasteiger partial charge < -0.3 is 0 Å². The van der Waals surface area contributed by atoms with Crippen molar-refractivity contribution in [2.24, 2.45) is 13.3 Å². The molecule has 0 spiro atoms. The monoisotopic (exact) mass is 308 g/mol. The molecule has 0 radical (unpaired) electrons. The third-order valence-corrected chi connectivity index (χ3v) is 4.10. The molecule has 0 saturated carbocycles. The Morgan fingerprint density at radius 2 is 2.22 bits per heavy atom. The Hall–Kier alpha value is -1.37. The number of anilines is 1. The molecular formula is C13H16N4Se. The van der Waals surface area contributed by atoms with Gasteiger partial charge in [-0.3, -0.25) is 0 Å². The van der Waals surface area contributed by atoms with Crippen LogP contribution in [0.15, 0.2) is 26.1 Å². The maximum absolute atomic E-state index is 8.65. The zero-order chi connectivity index (χ0) is 13.0. The van der Waals surface area contributed by atoms with E-state index in [1.54, 1.807) is 0 Å². The van der Waals surface area contributed by atoms with Gasteiger partial charge in [-0.1, -0.05) is 0 Å². The van der Waals surface area contributed by atoms with Gasteiger partial charge >= 0.3 is 113 Å². The Morgan fingerprint density at radius 3 is 3.00 bits per heavy atom. The van der Waals surface area contributed by atoms with Crippen molar-refractivity contribution in [2.75, 3.05) is 11.9 Å². The van der Waals surface area contributed by atoms with Gasteiger partial charge in [0.05, 0.1) is 0 Å². The summed E-state index contributed by atoms with van der Waals surface area (Å²) in [5.74, 6) is 0. The number of hydrogen-bond donors (Lipinski definition) is 1. The fraction of sp³-hybridized carbons (Fsp3) is 0.462. The van der Waals surface area contributed by atoms with E-state index in [-0.39, 0.29) is 20.0 Å². The van der Waals surface area contributed by atoms with Gasteiger partial charge in [0.25, 0.3) is 0 Å². The third-order valence-electron chi connectivity index (χ3n) is 2.96. The van der Waals surface area contributed by atoms with Gasteiger partial charge in [0.15, 0.2) is 0 Å². The molecule has 18 heavy (non-hydrogen) atoms. The second-order valence-electron chi connectivity index (χ2n) is 5.11. The second kappa shape index (κ2) is 5.51. The predicted octanol–water partition coefficient (Wildman–Crippen LogP) is 3.78. The quantitative estimate of drug-likeness (QED) is 0.855. The van der Waals surface area contributed by atoms with Crippen molar-refractivity contribution in [2.45, 2.75) is 26.7 Å². The molecule has 0 bridgehead atoms. The van der Waals surface area contributed by atoms with Crippen LogP contribution in [0.25, 0.3) is 0 Å². The Labute approximate surface area is 113 Å². The van der Waals surface area contributed by atoms with E-state index in [0.29, 0.717) is 6.42 Å². The number of nitrogens with zero attached hydrogens (tertiary/aromatic N) is 3. The molecule has 0 amide bonds. The third kappa shape index (κ3) is 3.10. The Balaban J connectivity index is 2.02. The van der Waals surface area contributed by atoms with E-state index < -0.39 is 0 Å². The van der Waals surface area contributed by atoms with Gasteiger partial charge in [0, 0.05) is 0 Å². The average molecular weight is 307 g/mol. The molecule has 4 nitrogen and oxygen atoms in total. The minimum atomic E-state index is 0.0104. The zero-order valence-electron chi connectivity index (χ0n) is 10.6. The molecule has 1 N–H and O–H groups in total. The minimum absolute atomic E-state index is 0.0104. The standard InChI is InChI=1S/C13H16N4Se/c1-13(2,7-4-8-14)9-15-10-5-3-6-11-12(10)17-18-16-11/h3,5-6,15H,4,7,9H2,1-2H3. The van der Waals surface area contributed by atoms with E-state index >= 15 is 0 Å². The number of fused-ring (bicyclic) bond motifs is 1. The van der Waals surface area contributed by atoms with E-state index in [0.717, 1.165) is 30.0 Å². The van der Waals surface area contributed by atoms with Crippen molar-refractivity contribution < 1.29 is 0 Å². The molecule has 1 aliphatic rings. The Morgan fingerprint density at radius 1 is 1.39 bits per heavy atom. The molecule has 94 valence electrons. The number of nitrogens with one attached hydrogen (secondary N) is 1. The van der Waals surface area contributed by atoms with Crippen LogP contribution < -0.4 is 5.32 Å². The van der Waals surface area contributed by atoms with Crippen molar-refractivity contribution in [3.8, 4) is 6.07 Å². The zero-order valence-corrected chi connectivity index (χ0v) is 12.3. The van der Waals surface area contributed by atoms with Crippen LogP contribution in [-0.2, 0) is 0 Å². The summed E-state index contributed by atoms with van der Waals surface area (Å²) in [5, 5.41) is 12.1. The van der Waals surface area contributed by atoms with Gasteiger partial charge in [-0.2, -0.15) is 0 Å². The van der Waals surface area contributed by atoms with Crippen molar-refractivity contribution in [3.05, 3.63) is 18.2 Å². The molecule has 5 heteroatoms. The van der Waals surface area contributed by atoms with Crippen LogP contribution >= 0.6 is 0 Å². The van der Waals surface area contributed by atoms with Crippen molar-refractivity contribution >= 4 is 31.6 Å². The molecule has 0 atom stereocenters. The van der Waals surface area contributed by atoms with E-state index in [2.05, 4.69) is 33.2 Å². The van der Waals surface area contributed by atoms with Gasteiger partial charge in [-0.05, 0) is 0 Å². The molecule has 1 aromatic rings. The van der Waals surface area contributed by atoms with Gasteiger partial charge in [-0.15, -0.1) is 0 Å². The summed E-state index contributed by atoms with van der Waals surface area (Å²) in [6, 6.07) is 8.25. The summed E-state index contributed by atoms with van der Waals surface area (Å²) in [4.78, 5) is 0. The van der Waals surface area contributed by atoms with Crippen molar-refractivity contribution in [1.82, 2.24) is 0 Å². The summed E-state index contributed by atoms with van der Waals surface area (Å²) >= 11 is 0.0104. The van der Waals surface area contributed by atoms with Crippen LogP contribution in [0.4, 0.5) is 17.1 Å². The van der Waals surface area contributed by atoms with Crippen LogP contribution in [0.2, 0.25) is 0 Å². The van der Waals surface area contributed by atoms with E-state index in [9.17, 15) is 0 Å². The van der Waals surface area contributed by atoms with Crippen molar-refractivity contribution in [1.29, 1.82) is 5.26 Å². The number of benzene rings is 1. The molecular weight excluding hydrogens is 291 g/mol. The molecule has 1 aromatic carbocycles. The second-order valence-corrected chi connectivity index (χ2v) is 6.22. The number of hydrogen-bond acceptors (Lipinski definition) is 4. The van der Waals surface area contributed by atoms with Crippen LogP contribution in [-0.4, -0.2) is 21.1 Å². The molecule has 2 rings (SSSR count). The van der Waals surface area contributed by atoms with Crippen LogP contribution in [0, 0.1) is 16.7 Å². The van der Waals surface area contributed by atoms with Gasteiger partial charge in [0.1, 0.15) is 0 Å². The fourth-order valence-electron chi connectivity index (χ4n) is 1.77. The molecule has 0 unspecified atom stereocenters. The molecule has 0 saturated heterocycles. The van der Waals surface area contributed by atoms with Crippen LogP contribution in [0.1, 0.15) is 26.7 Å². The maximum atomic E-state index is 8.65. The van der Waals surface area contributed by atoms with E-state index in [4.69, 9.17) is 5.26 Å². The van der Waals surface area contributed by atoms with E-state index in [1.807, 2.05) is 18.2 Å². The molecule has 0 aromatic heterocycles. The predicted molar refractivity (Wildman–Crippen MR) is 73.5 cm³/mol. The topological polar surface area (TPSA) is 60.5 Å². The SMILES string of the molecule is CC(C)(CCC#N)CNc1cccc2c1N=[Se]=N2. The van der Waals surface area contributed by atoms with Crippen LogP contribution in [0.3, 0.4) is 0 Å². The van der Waals surface area contributed by atoms with Gasteiger partial charge in [-0.25, -0.2) is 0 Å². The first-order valence-corrected chi connectivity index (χ1v) is 7.48. The van der Waals surface area contributed by atoms with E-state index in [1.165, 1.54) is 0 Å². The number of nitriles is 1. The summed E-state index contributed by atoms with van der Waals surface area (Å²) in [6.07, 6.45) is 1.50. The molecule has 0 aliphatic carbocycles. The molecule has 1 aliphatic heterocycles. The Kier molecular flexibility index (Phi) is 4.00. The molecule has 0 fully saturated rings. The summed E-state index contributed by atoms with van der Waals surface area (Å²) in [6.45, 7) is 5.19. The summed E-state index contributed by atoms with van der Waals surface area (Å²) < 4.78 is 8.81. The number of rotatable bonds is 5. The first-order valence-electron chi connectivity index (χ1n) is 5.94. The van der Waals surface area contributed by atoms with Crippen molar-refractivity contribution in [3.63, 3.8) is 0 Å². The van der Waals surface area contributed by atoms with Crippen LogP contribution in [0.5, 0.6) is 0 Å². The average Bonchev–Trinajstić information content (AvgIpc) is 2.82.